The van der Waals surface area contributed by atoms with Crippen LogP contribution in [0.25, 0.3) is 59.8 Å². The molecule has 0 N–H and O–H groups in total. The van der Waals surface area contributed by atoms with Crippen LogP contribution in [-0.4, -0.2) is 9.13 Å². The number of halogens is 1. The maximum Gasteiger partial charge on any atom is 0.210 e. The van der Waals surface area contributed by atoms with Gasteiger partial charge < -0.3 is 9.13 Å². The summed E-state index contributed by atoms with van der Waals surface area (Å²) >= 11 is 0. The van der Waals surface area contributed by atoms with Crippen molar-refractivity contribution in [3.63, 3.8) is 0 Å². The Morgan fingerprint density at radius 1 is 0.543 bits per heavy atom. The van der Waals surface area contributed by atoms with Crippen molar-refractivity contribution in [2.75, 3.05) is 0 Å². The summed E-state index contributed by atoms with van der Waals surface area (Å²) in [6, 6.07) is 35.4. The Balaban J connectivity index is 1.74. The summed E-state index contributed by atoms with van der Waals surface area (Å²) in [5, 5.41) is 3.68. The Morgan fingerprint density at radius 2 is 1.14 bits per heavy atom. The smallest absolute Gasteiger partial charge is 0.210 e. The molecule has 164 valence electrons. The van der Waals surface area contributed by atoms with Gasteiger partial charge in [-0.25, -0.2) is 9.24 Å². The fourth-order valence-electron chi connectivity index (χ4n) is 5.41. The van der Waals surface area contributed by atoms with E-state index in [0.29, 0.717) is 11.1 Å². The molecule has 0 aliphatic heterocycles. The predicted molar refractivity (Wildman–Crippen MR) is 141 cm³/mol. The molecule has 0 spiro atoms. The first-order chi connectivity index (χ1) is 17.3. The molecule has 2 heterocycles. The van der Waals surface area contributed by atoms with Gasteiger partial charge in [0.25, 0.3) is 0 Å². The zero-order valence-corrected chi connectivity index (χ0v) is 18.6. The zero-order valence-electron chi connectivity index (χ0n) is 18.6. The minimum Gasteiger partial charge on any atom is -0.317 e. The van der Waals surface area contributed by atoms with Gasteiger partial charge in [0.15, 0.2) is 0 Å². The van der Waals surface area contributed by atoms with E-state index in [0.717, 1.165) is 49.6 Å². The zero-order chi connectivity index (χ0) is 23.5. The lowest BCUT2D eigenvalue weighted by Crippen LogP contribution is -2.00. The van der Waals surface area contributed by atoms with Crippen LogP contribution in [0.1, 0.15) is 0 Å². The standard InChI is InChI=1S/C31H18FN3/c1-33-24-14-4-7-17-27(24)35-25-15-5-2-10-20(25)21-12-8-19-29(31(21)35)34-26-16-6-3-11-22(26)30-23(32)13-9-18-28(30)34/h2-19H. The summed E-state index contributed by atoms with van der Waals surface area (Å²) in [7, 11) is 0. The molecule has 5 aromatic carbocycles. The maximum absolute atomic E-state index is 15.1. The van der Waals surface area contributed by atoms with Crippen LogP contribution >= 0.6 is 0 Å². The third-order valence-electron chi connectivity index (χ3n) is 6.80. The van der Waals surface area contributed by atoms with Crippen molar-refractivity contribution in [1.82, 2.24) is 9.13 Å². The lowest BCUT2D eigenvalue weighted by molar-refractivity contribution is 0.640. The number of hydrogen-bond acceptors (Lipinski definition) is 0. The second-order valence-corrected chi connectivity index (χ2v) is 8.61. The molecule has 0 radical (unpaired) electrons. The van der Waals surface area contributed by atoms with Gasteiger partial charge in [-0.1, -0.05) is 72.8 Å². The molecular formula is C31H18FN3. The first-order valence-electron chi connectivity index (χ1n) is 11.4. The Morgan fingerprint density at radius 3 is 1.97 bits per heavy atom. The molecule has 0 atom stereocenters. The number of fused-ring (bicyclic) bond motifs is 6. The van der Waals surface area contributed by atoms with Crippen LogP contribution in [-0.2, 0) is 0 Å². The quantitative estimate of drug-likeness (QED) is 0.234. The summed E-state index contributed by atoms with van der Waals surface area (Å²) < 4.78 is 19.4. The van der Waals surface area contributed by atoms with Crippen LogP contribution in [0.5, 0.6) is 0 Å². The molecule has 0 aliphatic carbocycles. The fourth-order valence-corrected chi connectivity index (χ4v) is 5.41. The SMILES string of the molecule is [C-]#[N+]c1ccccc1-n1c2ccccc2c2cccc(-n3c4ccccc4c4c(F)cccc43)c21. The molecule has 0 amide bonds. The topological polar surface area (TPSA) is 14.2 Å². The number of nitrogens with zero attached hydrogens (tertiary/aromatic N) is 3. The van der Waals surface area contributed by atoms with Gasteiger partial charge >= 0.3 is 0 Å². The van der Waals surface area contributed by atoms with E-state index in [-0.39, 0.29) is 5.82 Å². The van der Waals surface area contributed by atoms with E-state index < -0.39 is 0 Å². The normalized spacial score (nSPS) is 11.5. The molecule has 0 unspecified atom stereocenters. The third kappa shape index (κ3) is 2.64. The molecule has 2 aromatic heterocycles. The van der Waals surface area contributed by atoms with Crippen molar-refractivity contribution >= 4 is 49.3 Å². The van der Waals surface area contributed by atoms with E-state index in [2.05, 4.69) is 44.3 Å². The van der Waals surface area contributed by atoms with Gasteiger partial charge in [-0.15, -0.1) is 0 Å². The Kier molecular flexibility index (Phi) is 4.09. The fraction of sp³-hybridized carbons (Fsp3) is 0. The predicted octanol–water partition coefficient (Wildman–Crippen LogP) is 8.57. The van der Waals surface area contributed by atoms with Gasteiger partial charge in [0, 0.05) is 21.5 Å². The molecule has 0 saturated carbocycles. The first kappa shape index (κ1) is 19.6. The van der Waals surface area contributed by atoms with Crippen LogP contribution in [0, 0.1) is 12.4 Å². The highest BCUT2D eigenvalue weighted by Gasteiger charge is 2.21. The number of hydrogen-bond donors (Lipinski definition) is 0. The summed E-state index contributed by atoms with van der Waals surface area (Å²) in [5.41, 5.74) is 6.11. The summed E-state index contributed by atoms with van der Waals surface area (Å²) in [6.45, 7) is 7.80. The highest BCUT2D eigenvalue weighted by Crippen LogP contribution is 2.41. The Bertz CT molecular complexity index is 1980. The molecule has 0 fully saturated rings. The number of para-hydroxylation sites is 5. The van der Waals surface area contributed by atoms with Gasteiger partial charge in [-0.05, 0) is 36.4 Å². The third-order valence-corrected chi connectivity index (χ3v) is 6.80. The molecule has 7 aromatic rings. The number of aromatic nitrogens is 2. The summed E-state index contributed by atoms with van der Waals surface area (Å²) in [6.07, 6.45) is 0. The lowest BCUT2D eigenvalue weighted by Gasteiger charge is -2.15. The average Bonchev–Trinajstić information content (AvgIpc) is 3.42. The lowest BCUT2D eigenvalue weighted by atomic mass is 10.1. The second-order valence-electron chi connectivity index (χ2n) is 8.61. The van der Waals surface area contributed by atoms with E-state index in [1.54, 1.807) is 6.07 Å². The minimum atomic E-state index is -0.233. The van der Waals surface area contributed by atoms with Crippen molar-refractivity contribution < 1.29 is 4.39 Å². The van der Waals surface area contributed by atoms with Crippen molar-refractivity contribution in [3.05, 3.63) is 126 Å². The highest BCUT2D eigenvalue weighted by molar-refractivity contribution is 6.15. The summed E-state index contributed by atoms with van der Waals surface area (Å²) in [4.78, 5) is 3.82. The molecule has 0 bridgehead atoms. The Hall–Kier alpha value is -4.88. The number of rotatable bonds is 2. The van der Waals surface area contributed by atoms with Gasteiger partial charge in [0.05, 0.1) is 40.0 Å². The van der Waals surface area contributed by atoms with Gasteiger partial charge in [0.1, 0.15) is 5.82 Å². The molecule has 3 nitrogen and oxygen atoms in total. The molecular weight excluding hydrogens is 433 g/mol. The molecule has 4 heteroatoms. The van der Waals surface area contributed by atoms with E-state index in [1.165, 1.54) is 6.07 Å². The largest absolute Gasteiger partial charge is 0.317 e. The molecule has 0 aliphatic rings. The average molecular weight is 452 g/mol. The van der Waals surface area contributed by atoms with Crippen LogP contribution in [0.4, 0.5) is 10.1 Å². The Labute approximate surface area is 200 Å². The van der Waals surface area contributed by atoms with Crippen LogP contribution in [0.3, 0.4) is 0 Å². The molecule has 0 saturated heterocycles. The van der Waals surface area contributed by atoms with E-state index in [4.69, 9.17) is 6.57 Å². The highest BCUT2D eigenvalue weighted by atomic mass is 19.1. The van der Waals surface area contributed by atoms with Gasteiger partial charge in [0.2, 0.25) is 5.69 Å². The van der Waals surface area contributed by atoms with E-state index >= 15 is 4.39 Å². The maximum atomic E-state index is 15.1. The minimum absolute atomic E-state index is 0.233. The van der Waals surface area contributed by atoms with Crippen LogP contribution in [0.2, 0.25) is 0 Å². The van der Waals surface area contributed by atoms with E-state index in [9.17, 15) is 0 Å². The van der Waals surface area contributed by atoms with Crippen molar-refractivity contribution in [2.45, 2.75) is 0 Å². The molecule has 35 heavy (non-hydrogen) atoms. The molecule has 7 rings (SSSR count). The van der Waals surface area contributed by atoms with Crippen LogP contribution in [0.15, 0.2) is 109 Å². The van der Waals surface area contributed by atoms with E-state index in [1.807, 2.05) is 66.7 Å². The number of benzene rings is 5. The summed E-state index contributed by atoms with van der Waals surface area (Å²) in [5.74, 6) is -0.233. The van der Waals surface area contributed by atoms with Crippen molar-refractivity contribution in [1.29, 1.82) is 0 Å². The van der Waals surface area contributed by atoms with Crippen molar-refractivity contribution in [3.8, 4) is 11.4 Å². The monoisotopic (exact) mass is 451 g/mol. The van der Waals surface area contributed by atoms with Crippen molar-refractivity contribution in [2.24, 2.45) is 0 Å². The van der Waals surface area contributed by atoms with Gasteiger partial charge in [-0.3, -0.25) is 0 Å². The first-order valence-corrected chi connectivity index (χ1v) is 11.4. The second kappa shape index (κ2) is 7.31. The van der Waals surface area contributed by atoms with Gasteiger partial charge in [-0.2, -0.15) is 0 Å². The van der Waals surface area contributed by atoms with Crippen LogP contribution < -0.4 is 0 Å².